The van der Waals surface area contributed by atoms with Crippen LogP contribution in [0.3, 0.4) is 0 Å². The second-order valence-electron chi connectivity index (χ2n) is 7.09. The third-order valence-corrected chi connectivity index (χ3v) is 5.11. The zero-order valence-corrected chi connectivity index (χ0v) is 17.6. The number of nitrogens with one attached hydrogen (secondary N) is 1. The number of hydrogen-bond acceptors (Lipinski definition) is 8. The van der Waals surface area contributed by atoms with Crippen LogP contribution in [0.4, 0.5) is 5.95 Å². The van der Waals surface area contributed by atoms with Gasteiger partial charge in [-0.1, -0.05) is 11.6 Å². The molecule has 3 heterocycles. The van der Waals surface area contributed by atoms with Crippen LogP contribution >= 0.6 is 11.6 Å². The van der Waals surface area contributed by atoms with E-state index in [-0.39, 0.29) is 12.3 Å². The number of phenolic OH excluding ortho intramolecular Hbond substituents is 1. The molecule has 1 fully saturated rings. The summed E-state index contributed by atoms with van der Waals surface area (Å²) in [5, 5.41) is 27.2. The summed E-state index contributed by atoms with van der Waals surface area (Å²) in [4.78, 5) is 11.3. The predicted octanol–water partition coefficient (Wildman–Crippen LogP) is 2.63. The summed E-state index contributed by atoms with van der Waals surface area (Å²) < 4.78 is 6.91. The standard InChI is InChI=1S/C21H22ClN7O2/c22-16-11-15(12-17(30)13-16)20-18(14-29(27-20)5-2-23)19-1-3-24-21(26-19)25-4-6-28-7-9-31-10-8-28/h1,3,11-14,30H,4-10H2,(H,24,25,26). The van der Waals surface area contributed by atoms with Crippen molar-refractivity contribution < 1.29 is 9.84 Å². The Morgan fingerprint density at radius 2 is 2.10 bits per heavy atom. The minimum atomic E-state index is 0.0384. The summed E-state index contributed by atoms with van der Waals surface area (Å²) in [5.41, 5.74) is 2.58. The van der Waals surface area contributed by atoms with E-state index in [2.05, 4.69) is 31.4 Å². The highest BCUT2D eigenvalue weighted by molar-refractivity contribution is 6.31. The Morgan fingerprint density at radius 3 is 2.87 bits per heavy atom. The van der Waals surface area contributed by atoms with E-state index in [1.165, 1.54) is 10.7 Å². The molecule has 0 radical (unpaired) electrons. The van der Waals surface area contributed by atoms with Crippen LogP contribution in [0.2, 0.25) is 5.02 Å². The summed E-state index contributed by atoms with van der Waals surface area (Å²) in [6, 6.07) is 8.63. The number of morpholine rings is 1. The van der Waals surface area contributed by atoms with E-state index in [1.807, 2.05) is 0 Å². The van der Waals surface area contributed by atoms with Crippen LogP contribution in [0.1, 0.15) is 0 Å². The van der Waals surface area contributed by atoms with Crippen molar-refractivity contribution in [3.63, 3.8) is 0 Å². The van der Waals surface area contributed by atoms with E-state index in [4.69, 9.17) is 21.6 Å². The zero-order chi connectivity index (χ0) is 21.6. The van der Waals surface area contributed by atoms with Gasteiger partial charge in [0, 0.05) is 54.7 Å². The first kappa shape index (κ1) is 21.1. The minimum Gasteiger partial charge on any atom is -0.508 e. The van der Waals surface area contributed by atoms with Gasteiger partial charge in [0.05, 0.1) is 25.0 Å². The number of ether oxygens (including phenoxy) is 1. The number of halogens is 1. The maximum Gasteiger partial charge on any atom is 0.223 e. The molecule has 0 bridgehead atoms. The lowest BCUT2D eigenvalue weighted by atomic mass is 10.1. The summed E-state index contributed by atoms with van der Waals surface area (Å²) in [7, 11) is 0. The van der Waals surface area contributed by atoms with Crippen molar-refractivity contribution in [3.8, 4) is 34.3 Å². The molecule has 9 nitrogen and oxygen atoms in total. The summed E-state index contributed by atoms with van der Waals surface area (Å²) in [6.07, 6.45) is 3.44. The van der Waals surface area contributed by atoms with Gasteiger partial charge in [-0.05, 0) is 24.3 Å². The molecular weight excluding hydrogens is 418 g/mol. The van der Waals surface area contributed by atoms with Gasteiger partial charge in [0.25, 0.3) is 0 Å². The Balaban J connectivity index is 1.58. The van der Waals surface area contributed by atoms with Crippen LogP contribution < -0.4 is 5.32 Å². The van der Waals surface area contributed by atoms with Crippen molar-refractivity contribution >= 4 is 17.5 Å². The fraction of sp³-hybridized carbons (Fsp3) is 0.333. The maximum absolute atomic E-state index is 9.96. The Kier molecular flexibility index (Phi) is 6.62. The lowest BCUT2D eigenvalue weighted by Gasteiger charge is -2.26. The maximum atomic E-state index is 9.96. The van der Waals surface area contributed by atoms with Gasteiger partial charge >= 0.3 is 0 Å². The van der Waals surface area contributed by atoms with Gasteiger partial charge in [-0.25, -0.2) is 9.97 Å². The van der Waals surface area contributed by atoms with Gasteiger partial charge in [0.15, 0.2) is 0 Å². The summed E-state index contributed by atoms with van der Waals surface area (Å²) in [5.74, 6) is 0.551. The fourth-order valence-electron chi connectivity index (χ4n) is 3.43. The third-order valence-electron chi connectivity index (χ3n) is 4.90. The number of aromatic hydroxyl groups is 1. The van der Waals surface area contributed by atoms with Gasteiger partial charge < -0.3 is 15.2 Å². The molecule has 1 aliphatic rings. The minimum absolute atomic E-state index is 0.0384. The molecule has 1 aliphatic heterocycles. The molecule has 3 aromatic rings. The van der Waals surface area contributed by atoms with Gasteiger partial charge in [0.1, 0.15) is 18.0 Å². The molecule has 0 amide bonds. The van der Waals surface area contributed by atoms with Crippen molar-refractivity contribution in [1.82, 2.24) is 24.6 Å². The smallest absolute Gasteiger partial charge is 0.223 e. The molecule has 0 spiro atoms. The molecule has 0 unspecified atom stereocenters. The van der Waals surface area contributed by atoms with Gasteiger partial charge in [0.2, 0.25) is 5.95 Å². The normalized spacial score (nSPS) is 14.3. The fourth-order valence-corrected chi connectivity index (χ4v) is 3.66. The lowest BCUT2D eigenvalue weighted by Crippen LogP contribution is -2.39. The first-order valence-corrected chi connectivity index (χ1v) is 10.3. The number of phenols is 1. The average Bonchev–Trinajstić information content (AvgIpc) is 3.18. The Hall–Kier alpha value is -3.19. The largest absolute Gasteiger partial charge is 0.508 e. The highest BCUT2D eigenvalue weighted by Crippen LogP contribution is 2.33. The van der Waals surface area contributed by atoms with E-state index in [9.17, 15) is 5.11 Å². The van der Waals surface area contributed by atoms with E-state index < -0.39 is 0 Å². The number of nitrogens with zero attached hydrogens (tertiary/aromatic N) is 6. The molecule has 160 valence electrons. The first-order valence-electron chi connectivity index (χ1n) is 9.94. The van der Waals surface area contributed by atoms with Crippen molar-refractivity contribution in [3.05, 3.63) is 41.7 Å². The number of hydrogen-bond donors (Lipinski definition) is 2. The molecule has 0 saturated carbocycles. The number of anilines is 1. The van der Waals surface area contributed by atoms with Crippen LogP contribution in [-0.4, -0.2) is 69.1 Å². The van der Waals surface area contributed by atoms with E-state index in [0.29, 0.717) is 34.5 Å². The van der Waals surface area contributed by atoms with Gasteiger partial charge in [-0.3, -0.25) is 9.58 Å². The molecule has 1 saturated heterocycles. The van der Waals surface area contributed by atoms with Crippen LogP contribution in [0.5, 0.6) is 5.75 Å². The van der Waals surface area contributed by atoms with E-state index in [1.54, 1.807) is 30.6 Å². The summed E-state index contributed by atoms with van der Waals surface area (Å²) in [6.45, 7) is 5.07. The van der Waals surface area contributed by atoms with Crippen LogP contribution in [0.15, 0.2) is 36.7 Å². The van der Waals surface area contributed by atoms with Crippen molar-refractivity contribution in [2.45, 2.75) is 6.54 Å². The molecule has 4 rings (SSSR count). The van der Waals surface area contributed by atoms with Gasteiger partial charge in [-0.2, -0.15) is 10.4 Å². The Bertz CT molecular complexity index is 1070. The molecular formula is C21H22ClN7O2. The zero-order valence-electron chi connectivity index (χ0n) is 16.8. The molecule has 10 heteroatoms. The van der Waals surface area contributed by atoms with Crippen molar-refractivity contribution in [2.24, 2.45) is 0 Å². The highest BCUT2D eigenvalue weighted by Gasteiger charge is 2.17. The van der Waals surface area contributed by atoms with Crippen LogP contribution in [0.25, 0.3) is 22.5 Å². The SMILES string of the molecule is N#CCn1cc(-c2ccnc(NCCN3CCOCC3)n2)c(-c2cc(O)cc(Cl)c2)n1. The van der Waals surface area contributed by atoms with Gasteiger partial charge in [-0.15, -0.1) is 0 Å². The number of rotatable bonds is 7. The van der Waals surface area contributed by atoms with Crippen molar-refractivity contribution in [1.29, 1.82) is 5.26 Å². The monoisotopic (exact) mass is 439 g/mol. The molecule has 0 atom stereocenters. The molecule has 0 aliphatic carbocycles. The topological polar surface area (TPSA) is 112 Å². The van der Waals surface area contributed by atoms with Crippen LogP contribution in [0, 0.1) is 11.3 Å². The van der Waals surface area contributed by atoms with Crippen molar-refractivity contribution in [2.75, 3.05) is 44.7 Å². The molecule has 2 N–H and O–H groups in total. The molecule has 2 aromatic heterocycles. The average molecular weight is 440 g/mol. The van der Waals surface area contributed by atoms with E-state index >= 15 is 0 Å². The Labute approximate surface area is 184 Å². The first-order chi connectivity index (χ1) is 15.1. The highest BCUT2D eigenvalue weighted by atomic mass is 35.5. The third kappa shape index (κ3) is 5.30. The second kappa shape index (κ2) is 9.75. The number of aromatic nitrogens is 4. The Morgan fingerprint density at radius 1 is 1.26 bits per heavy atom. The summed E-state index contributed by atoms with van der Waals surface area (Å²) >= 11 is 6.12. The number of nitriles is 1. The predicted molar refractivity (Wildman–Crippen MR) is 117 cm³/mol. The molecule has 1 aromatic carbocycles. The molecule has 31 heavy (non-hydrogen) atoms. The van der Waals surface area contributed by atoms with Crippen LogP contribution in [-0.2, 0) is 11.3 Å². The number of benzene rings is 1. The second-order valence-corrected chi connectivity index (χ2v) is 7.53. The van der Waals surface area contributed by atoms with E-state index in [0.717, 1.165) is 38.4 Å². The quantitative estimate of drug-likeness (QED) is 0.577. The lowest BCUT2D eigenvalue weighted by molar-refractivity contribution is 0.0398.